The van der Waals surface area contributed by atoms with E-state index in [1.165, 1.54) is 19.1 Å². The van der Waals surface area contributed by atoms with Gasteiger partial charge in [-0.05, 0) is 45.0 Å². The zero-order valence-corrected chi connectivity index (χ0v) is 15.3. The Kier molecular flexibility index (Phi) is 7.11. The summed E-state index contributed by atoms with van der Waals surface area (Å²) in [5.41, 5.74) is 0. The minimum Gasteiger partial charge on any atom is -0.468 e. The van der Waals surface area contributed by atoms with Crippen molar-refractivity contribution in [1.29, 1.82) is 0 Å². The van der Waals surface area contributed by atoms with Gasteiger partial charge in [-0.15, -0.1) is 0 Å². The molecule has 0 amide bonds. The van der Waals surface area contributed by atoms with Gasteiger partial charge in [0.1, 0.15) is 15.6 Å². The third-order valence-electron chi connectivity index (χ3n) is 3.98. The summed E-state index contributed by atoms with van der Waals surface area (Å²) in [7, 11) is -2.98. The van der Waals surface area contributed by atoms with Crippen molar-refractivity contribution in [3.05, 3.63) is 24.2 Å². The smallest absolute Gasteiger partial charge is 0.191 e. The number of likely N-dealkylation sites (tertiary alicyclic amines) is 1. The van der Waals surface area contributed by atoms with Crippen LogP contribution in [0.1, 0.15) is 31.6 Å². The number of nitrogens with zero attached hydrogens (tertiary/aromatic N) is 2. The molecule has 2 N–H and O–H groups in total. The molecule has 8 heteroatoms. The van der Waals surface area contributed by atoms with Crippen molar-refractivity contribution < 1.29 is 12.8 Å². The van der Waals surface area contributed by atoms with Crippen LogP contribution in [-0.2, 0) is 9.84 Å². The lowest BCUT2D eigenvalue weighted by Gasteiger charge is -2.24. The molecule has 0 aromatic carbocycles. The zero-order chi connectivity index (χ0) is 17.4. The molecule has 136 valence electrons. The average Bonchev–Trinajstić information content (AvgIpc) is 3.20. The van der Waals surface area contributed by atoms with Crippen LogP contribution in [0.25, 0.3) is 0 Å². The first kappa shape index (κ1) is 18.8. The van der Waals surface area contributed by atoms with Gasteiger partial charge < -0.3 is 15.1 Å². The minimum absolute atomic E-state index is 0.0884. The summed E-state index contributed by atoms with van der Waals surface area (Å²) < 4.78 is 28.1. The fourth-order valence-electron chi connectivity index (χ4n) is 2.79. The predicted molar refractivity (Wildman–Crippen MR) is 95.9 cm³/mol. The highest BCUT2D eigenvalue weighted by Crippen LogP contribution is 2.25. The Morgan fingerprint density at radius 1 is 1.38 bits per heavy atom. The molecule has 2 rings (SSSR count). The standard InChI is InChI=1S/C16H28N4O3S/c1-3-17-16(18-8-12-24(2,21)22)19-13-14(15-7-6-11-23-15)20-9-4-5-10-20/h6-7,11,14H,3-5,8-10,12-13H2,1-2H3,(H2,17,18,19). The Bertz CT molecular complexity index is 607. The highest BCUT2D eigenvalue weighted by atomic mass is 32.2. The molecule has 0 aliphatic carbocycles. The molecular formula is C16H28N4O3S. The third kappa shape index (κ3) is 6.16. The maximum Gasteiger partial charge on any atom is 0.191 e. The second-order valence-electron chi connectivity index (χ2n) is 6.05. The van der Waals surface area contributed by atoms with Crippen molar-refractivity contribution in [1.82, 2.24) is 15.5 Å². The number of hydrogen-bond acceptors (Lipinski definition) is 5. The highest BCUT2D eigenvalue weighted by Gasteiger charge is 2.25. The van der Waals surface area contributed by atoms with Crippen molar-refractivity contribution in [3.8, 4) is 0 Å². The van der Waals surface area contributed by atoms with E-state index in [0.717, 1.165) is 25.4 Å². The van der Waals surface area contributed by atoms with Crippen LogP contribution in [0.5, 0.6) is 0 Å². The second-order valence-corrected chi connectivity index (χ2v) is 8.31. The van der Waals surface area contributed by atoms with Crippen molar-refractivity contribution in [3.63, 3.8) is 0 Å². The van der Waals surface area contributed by atoms with E-state index in [0.29, 0.717) is 19.0 Å². The number of hydrogen-bond donors (Lipinski definition) is 2. The molecular weight excluding hydrogens is 328 g/mol. The summed E-state index contributed by atoms with van der Waals surface area (Å²) in [6, 6.07) is 4.01. The first-order valence-electron chi connectivity index (χ1n) is 8.47. The molecule has 1 atom stereocenters. The van der Waals surface area contributed by atoms with Crippen LogP contribution in [-0.4, -0.2) is 64.0 Å². The zero-order valence-electron chi connectivity index (χ0n) is 14.5. The summed E-state index contributed by atoms with van der Waals surface area (Å²) >= 11 is 0. The molecule has 1 aromatic heterocycles. The van der Waals surface area contributed by atoms with E-state index in [9.17, 15) is 8.42 Å². The van der Waals surface area contributed by atoms with E-state index in [-0.39, 0.29) is 11.8 Å². The van der Waals surface area contributed by atoms with Gasteiger partial charge >= 0.3 is 0 Å². The summed E-state index contributed by atoms with van der Waals surface area (Å²) in [5.74, 6) is 1.65. The number of rotatable bonds is 8. The van der Waals surface area contributed by atoms with Crippen molar-refractivity contribution >= 4 is 15.8 Å². The fourth-order valence-corrected chi connectivity index (χ4v) is 3.27. The second kappa shape index (κ2) is 9.08. The Morgan fingerprint density at radius 2 is 2.12 bits per heavy atom. The number of nitrogens with one attached hydrogen (secondary N) is 2. The lowest BCUT2D eigenvalue weighted by atomic mass is 10.2. The van der Waals surface area contributed by atoms with Crippen molar-refractivity contribution in [2.24, 2.45) is 4.99 Å². The largest absolute Gasteiger partial charge is 0.468 e. The molecule has 1 saturated heterocycles. The fraction of sp³-hybridized carbons (Fsp3) is 0.688. The minimum atomic E-state index is -2.98. The molecule has 1 unspecified atom stereocenters. The van der Waals surface area contributed by atoms with Gasteiger partial charge in [-0.3, -0.25) is 9.89 Å². The first-order chi connectivity index (χ1) is 11.5. The first-order valence-corrected chi connectivity index (χ1v) is 10.5. The van der Waals surface area contributed by atoms with Crippen LogP contribution >= 0.6 is 0 Å². The number of guanidine groups is 1. The maximum absolute atomic E-state index is 11.2. The average molecular weight is 356 g/mol. The van der Waals surface area contributed by atoms with Gasteiger partial charge in [0.25, 0.3) is 0 Å². The van der Waals surface area contributed by atoms with E-state index in [2.05, 4.69) is 20.5 Å². The van der Waals surface area contributed by atoms with E-state index in [1.54, 1.807) is 6.26 Å². The van der Waals surface area contributed by atoms with Crippen LogP contribution < -0.4 is 10.6 Å². The van der Waals surface area contributed by atoms with Gasteiger partial charge in [0.2, 0.25) is 0 Å². The van der Waals surface area contributed by atoms with E-state index < -0.39 is 9.84 Å². The molecule has 0 saturated carbocycles. The topological polar surface area (TPSA) is 86.9 Å². The van der Waals surface area contributed by atoms with E-state index in [1.807, 2.05) is 19.1 Å². The quantitative estimate of drug-likeness (QED) is 0.534. The van der Waals surface area contributed by atoms with Crippen LogP contribution in [0.2, 0.25) is 0 Å². The molecule has 0 radical (unpaired) electrons. The van der Waals surface area contributed by atoms with E-state index >= 15 is 0 Å². The van der Waals surface area contributed by atoms with Crippen LogP contribution in [0, 0.1) is 0 Å². The Morgan fingerprint density at radius 3 is 2.71 bits per heavy atom. The number of aliphatic imine (C=N–C) groups is 1. The van der Waals surface area contributed by atoms with Gasteiger partial charge in [-0.2, -0.15) is 0 Å². The molecule has 0 bridgehead atoms. The third-order valence-corrected chi connectivity index (χ3v) is 4.93. The van der Waals surface area contributed by atoms with Gasteiger partial charge in [0, 0.05) is 19.3 Å². The number of sulfone groups is 1. The lowest BCUT2D eigenvalue weighted by molar-refractivity contribution is 0.221. The SMILES string of the molecule is CCNC(=NCC(c1ccco1)N1CCCC1)NCCS(C)(=O)=O. The molecule has 1 aliphatic heterocycles. The molecule has 1 aromatic rings. The normalized spacial score (nSPS) is 17.8. The van der Waals surface area contributed by atoms with Gasteiger partial charge in [-0.25, -0.2) is 8.42 Å². The summed E-state index contributed by atoms with van der Waals surface area (Å²) in [4.78, 5) is 7.02. The summed E-state index contributed by atoms with van der Waals surface area (Å²) in [5, 5.41) is 6.23. The molecule has 2 heterocycles. The maximum atomic E-state index is 11.2. The van der Waals surface area contributed by atoms with Crippen LogP contribution in [0.3, 0.4) is 0 Å². The Labute approximate surface area is 144 Å². The van der Waals surface area contributed by atoms with Gasteiger partial charge in [0.05, 0.1) is 24.6 Å². The van der Waals surface area contributed by atoms with Crippen molar-refractivity contribution in [2.45, 2.75) is 25.8 Å². The van der Waals surface area contributed by atoms with E-state index in [4.69, 9.17) is 4.42 Å². The van der Waals surface area contributed by atoms with Crippen LogP contribution in [0.15, 0.2) is 27.8 Å². The van der Waals surface area contributed by atoms with Gasteiger partial charge in [0.15, 0.2) is 5.96 Å². The van der Waals surface area contributed by atoms with Gasteiger partial charge in [-0.1, -0.05) is 0 Å². The molecule has 7 nitrogen and oxygen atoms in total. The van der Waals surface area contributed by atoms with Crippen molar-refractivity contribution in [2.75, 3.05) is 44.7 Å². The molecule has 0 spiro atoms. The monoisotopic (exact) mass is 356 g/mol. The Hall–Kier alpha value is -1.54. The lowest BCUT2D eigenvalue weighted by Crippen LogP contribution is -2.40. The predicted octanol–water partition coefficient (Wildman–Crippen LogP) is 1.02. The summed E-state index contributed by atoms with van der Waals surface area (Å²) in [6.45, 7) is 5.73. The summed E-state index contributed by atoms with van der Waals surface area (Å²) in [6.07, 6.45) is 5.33. The number of furan rings is 1. The Balaban J connectivity index is 2.00. The molecule has 24 heavy (non-hydrogen) atoms. The molecule has 1 fully saturated rings. The van der Waals surface area contributed by atoms with Crippen LogP contribution in [0.4, 0.5) is 0 Å². The molecule has 1 aliphatic rings. The highest BCUT2D eigenvalue weighted by molar-refractivity contribution is 7.90.